The molecule has 1 unspecified atom stereocenters. The monoisotopic (exact) mass is 246 g/mol. The van der Waals surface area contributed by atoms with E-state index in [1.165, 1.54) is 0 Å². The summed E-state index contributed by atoms with van der Waals surface area (Å²) >= 11 is 0. The molecule has 92 valence electrons. The Hall–Kier alpha value is -0.620. The van der Waals surface area contributed by atoms with Gasteiger partial charge in [0.1, 0.15) is 0 Å². The molecule has 0 saturated carbocycles. The molecule has 1 amide bonds. The SMILES string of the molecule is CN1CC(CN2CCS(=O)(=O)CC2)CC1=O. The van der Waals surface area contributed by atoms with Crippen molar-refractivity contribution in [3.8, 4) is 0 Å². The van der Waals surface area contributed by atoms with E-state index in [2.05, 4.69) is 4.90 Å². The first-order valence-corrected chi connectivity index (χ1v) is 7.45. The van der Waals surface area contributed by atoms with E-state index in [0.717, 1.165) is 13.1 Å². The van der Waals surface area contributed by atoms with Crippen LogP contribution in [0.1, 0.15) is 6.42 Å². The Balaban J connectivity index is 1.82. The van der Waals surface area contributed by atoms with Gasteiger partial charge in [0.25, 0.3) is 0 Å². The zero-order valence-corrected chi connectivity index (χ0v) is 10.4. The summed E-state index contributed by atoms with van der Waals surface area (Å²) in [4.78, 5) is 15.3. The number of hydrogen-bond donors (Lipinski definition) is 0. The van der Waals surface area contributed by atoms with E-state index in [9.17, 15) is 13.2 Å². The van der Waals surface area contributed by atoms with Crippen LogP contribution >= 0.6 is 0 Å². The standard InChI is InChI=1S/C10H18N2O3S/c1-11-7-9(6-10(11)13)8-12-2-4-16(14,15)5-3-12/h9H,2-8H2,1H3. The molecule has 0 N–H and O–H groups in total. The van der Waals surface area contributed by atoms with Crippen LogP contribution in [0.5, 0.6) is 0 Å². The van der Waals surface area contributed by atoms with E-state index < -0.39 is 9.84 Å². The molecule has 0 aromatic rings. The second-order valence-corrected chi connectivity index (χ2v) is 7.10. The second-order valence-electron chi connectivity index (χ2n) is 4.80. The number of rotatable bonds is 2. The van der Waals surface area contributed by atoms with Crippen molar-refractivity contribution >= 4 is 15.7 Å². The minimum absolute atomic E-state index is 0.203. The van der Waals surface area contributed by atoms with Crippen LogP contribution in [0.3, 0.4) is 0 Å². The molecule has 6 heteroatoms. The molecule has 0 aromatic carbocycles. The van der Waals surface area contributed by atoms with Gasteiger partial charge in [-0.2, -0.15) is 0 Å². The zero-order valence-electron chi connectivity index (χ0n) is 9.55. The van der Waals surface area contributed by atoms with E-state index >= 15 is 0 Å². The lowest BCUT2D eigenvalue weighted by Gasteiger charge is -2.28. The number of sulfone groups is 1. The minimum Gasteiger partial charge on any atom is -0.345 e. The summed E-state index contributed by atoms with van der Waals surface area (Å²) in [6.07, 6.45) is 0.611. The van der Waals surface area contributed by atoms with Crippen molar-refractivity contribution in [2.24, 2.45) is 5.92 Å². The molecule has 2 heterocycles. The fraction of sp³-hybridized carbons (Fsp3) is 0.900. The molecule has 0 bridgehead atoms. The third-order valence-electron chi connectivity index (χ3n) is 3.37. The Labute approximate surface area is 96.3 Å². The first kappa shape index (κ1) is 11.9. The third-order valence-corrected chi connectivity index (χ3v) is 4.98. The highest BCUT2D eigenvalue weighted by Gasteiger charge is 2.30. The lowest BCUT2D eigenvalue weighted by Crippen LogP contribution is -2.42. The van der Waals surface area contributed by atoms with Gasteiger partial charge >= 0.3 is 0 Å². The van der Waals surface area contributed by atoms with Crippen molar-refractivity contribution in [2.45, 2.75) is 6.42 Å². The van der Waals surface area contributed by atoms with Crippen LogP contribution in [0.25, 0.3) is 0 Å². The topological polar surface area (TPSA) is 57.7 Å². The number of carbonyl (C=O) groups is 1. The molecule has 2 aliphatic rings. The van der Waals surface area contributed by atoms with Gasteiger partial charge in [0, 0.05) is 39.6 Å². The van der Waals surface area contributed by atoms with Gasteiger partial charge in [0.2, 0.25) is 5.91 Å². The summed E-state index contributed by atoms with van der Waals surface area (Å²) in [6, 6.07) is 0. The first-order valence-electron chi connectivity index (χ1n) is 5.63. The Morgan fingerprint density at radius 1 is 1.31 bits per heavy atom. The number of nitrogens with zero attached hydrogens (tertiary/aromatic N) is 2. The molecule has 5 nitrogen and oxygen atoms in total. The third kappa shape index (κ3) is 2.74. The molecule has 0 aromatic heterocycles. The Morgan fingerprint density at radius 3 is 2.44 bits per heavy atom. The van der Waals surface area contributed by atoms with Gasteiger partial charge in [0.05, 0.1) is 11.5 Å². The van der Waals surface area contributed by atoms with Crippen molar-refractivity contribution in [3.05, 3.63) is 0 Å². The maximum Gasteiger partial charge on any atom is 0.222 e. The van der Waals surface area contributed by atoms with Crippen molar-refractivity contribution < 1.29 is 13.2 Å². The van der Waals surface area contributed by atoms with Crippen molar-refractivity contribution in [2.75, 3.05) is 44.7 Å². The van der Waals surface area contributed by atoms with Gasteiger partial charge in [-0.3, -0.25) is 4.79 Å². The molecule has 0 radical (unpaired) electrons. The second kappa shape index (κ2) is 4.33. The predicted octanol–water partition coefficient (Wildman–Crippen LogP) is -0.805. The highest BCUT2D eigenvalue weighted by atomic mass is 32.2. The normalized spacial score (nSPS) is 30.9. The molecule has 0 spiro atoms. The fourth-order valence-electron chi connectivity index (χ4n) is 2.38. The van der Waals surface area contributed by atoms with Gasteiger partial charge in [-0.1, -0.05) is 0 Å². The van der Waals surface area contributed by atoms with Crippen LogP contribution in [-0.2, 0) is 14.6 Å². The van der Waals surface area contributed by atoms with Crippen LogP contribution < -0.4 is 0 Å². The molecular formula is C10H18N2O3S. The molecule has 2 saturated heterocycles. The van der Waals surface area contributed by atoms with Gasteiger partial charge in [-0.15, -0.1) is 0 Å². The number of carbonyl (C=O) groups excluding carboxylic acids is 1. The summed E-state index contributed by atoms with van der Waals surface area (Å²) in [5.41, 5.74) is 0. The zero-order chi connectivity index (χ0) is 11.8. The van der Waals surface area contributed by atoms with E-state index in [1.54, 1.807) is 4.90 Å². The van der Waals surface area contributed by atoms with E-state index in [1.807, 2.05) is 7.05 Å². The van der Waals surface area contributed by atoms with Gasteiger partial charge in [-0.25, -0.2) is 8.42 Å². The maximum atomic E-state index is 11.3. The number of amides is 1. The van der Waals surface area contributed by atoms with Gasteiger partial charge in [-0.05, 0) is 5.92 Å². The van der Waals surface area contributed by atoms with E-state index in [-0.39, 0.29) is 17.4 Å². The Kier molecular flexibility index (Phi) is 3.21. The summed E-state index contributed by atoms with van der Waals surface area (Å²) in [5, 5.41) is 0. The molecular weight excluding hydrogens is 228 g/mol. The van der Waals surface area contributed by atoms with E-state index in [4.69, 9.17) is 0 Å². The number of hydrogen-bond acceptors (Lipinski definition) is 4. The first-order chi connectivity index (χ1) is 7.46. The Morgan fingerprint density at radius 2 is 1.94 bits per heavy atom. The lowest BCUT2D eigenvalue weighted by molar-refractivity contribution is -0.126. The van der Waals surface area contributed by atoms with Crippen LogP contribution in [0.2, 0.25) is 0 Å². The van der Waals surface area contributed by atoms with Crippen molar-refractivity contribution in [1.29, 1.82) is 0 Å². The average molecular weight is 246 g/mol. The molecule has 0 aliphatic carbocycles. The number of likely N-dealkylation sites (tertiary alicyclic amines) is 1. The van der Waals surface area contributed by atoms with Crippen LogP contribution in [0, 0.1) is 5.92 Å². The largest absolute Gasteiger partial charge is 0.345 e. The van der Waals surface area contributed by atoms with Crippen LogP contribution in [0.15, 0.2) is 0 Å². The lowest BCUT2D eigenvalue weighted by atomic mass is 10.1. The highest BCUT2D eigenvalue weighted by molar-refractivity contribution is 7.91. The maximum absolute atomic E-state index is 11.3. The highest BCUT2D eigenvalue weighted by Crippen LogP contribution is 2.18. The van der Waals surface area contributed by atoms with Crippen molar-refractivity contribution in [1.82, 2.24) is 9.80 Å². The smallest absolute Gasteiger partial charge is 0.222 e. The predicted molar refractivity (Wildman–Crippen MR) is 60.8 cm³/mol. The summed E-state index contributed by atoms with van der Waals surface area (Å²) in [7, 11) is -0.967. The van der Waals surface area contributed by atoms with Crippen LogP contribution in [-0.4, -0.2) is 68.9 Å². The van der Waals surface area contributed by atoms with E-state index in [0.29, 0.717) is 25.4 Å². The molecule has 2 rings (SSSR count). The summed E-state index contributed by atoms with van der Waals surface area (Å²) in [5.74, 6) is 1.11. The van der Waals surface area contributed by atoms with Gasteiger partial charge in [0.15, 0.2) is 9.84 Å². The van der Waals surface area contributed by atoms with Gasteiger partial charge < -0.3 is 9.80 Å². The minimum atomic E-state index is -2.79. The van der Waals surface area contributed by atoms with Crippen molar-refractivity contribution in [3.63, 3.8) is 0 Å². The average Bonchev–Trinajstić information content (AvgIpc) is 2.50. The van der Waals surface area contributed by atoms with Crippen LogP contribution in [0.4, 0.5) is 0 Å². The molecule has 16 heavy (non-hydrogen) atoms. The molecule has 1 atom stereocenters. The Bertz CT molecular complexity index is 366. The quantitative estimate of drug-likeness (QED) is 0.640. The molecule has 2 aliphatic heterocycles. The summed E-state index contributed by atoms with van der Waals surface area (Å²) < 4.78 is 22.5. The fourth-order valence-corrected chi connectivity index (χ4v) is 3.65. The molecule has 2 fully saturated rings. The summed E-state index contributed by atoms with van der Waals surface area (Å²) in [6.45, 7) is 2.90.